The van der Waals surface area contributed by atoms with Crippen LogP contribution in [0.1, 0.15) is 5.69 Å². The van der Waals surface area contributed by atoms with Crippen LogP contribution in [0.15, 0.2) is 28.7 Å². The molecule has 94 valence electrons. The Morgan fingerprint density at radius 2 is 2.28 bits per heavy atom. The van der Waals surface area contributed by atoms with E-state index in [-0.39, 0.29) is 20.7 Å². The zero-order valence-corrected chi connectivity index (χ0v) is 11.2. The molecule has 0 aromatic carbocycles. The monoisotopic (exact) mass is 301 g/mol. The summed E-state index contributed by atoms with van der Waals surface area (Å²) in [6.45, 7) is 0. The summed E-state index contributed by atoms with van der Waals surface area (Å²) in [5.41, 5.74) is 6.89. The average molecular weight is 301 g/mol. The van der Waals surface area contributed by atoms with Crippen molar-refractivity contribution in [1.29, 1.82) is 0 Å². The summed E-state index contributed by atoms with van der Waals surface area (Å²) in [5, 5.41) is 7.29. The lowest BCUT2D eigenvalue weighted by Crippen LogP contribution is -2.21. The predicted octanol–water partition coefficient (Wildman–Crippen LogP) is 0.368. The summed E-state index contributed by atoms with van der Waals surface area (Å²) in [5.74, 6) is 0. The Kier molecular flexibility index (Phi) is 3.50. The van der Waals surface area contributed by atoms with Crippen LogP contribution in [0.2, 0.25) is 0 Å². The number of nitrogens with zero attached hydrogens (tertiary/aromatic N) is 3. The van der Waals surface area contributed by atoms with Crippen LogP contribution in [0.5, 0.6) is 0 Å². The number of rotatable bonds is 4. The molecule has 2 heterocycles. The van der Waals surface area contributed by atoms with Crippen molar-refractivity contribution in [3.05, 3.63) is 29.5 Å². The van der Waals surface area contributed by atoms with Gasteiger partial charge in [0.25, 0.3) is 10.0 Å². The molecule has 0 amide bonds. The first kappa shape index (κ1) is 12.8. The lowest BCUT2D eigenvalue weighted by molar-refractivity contribution is 0.600. The number of hydrogen-bond acceptors (Lipinski definition) is 7. The topological polar surface area (TPSA) is 111 Å². The standard InChI is InChI=1S/C8H7N5O2S3/c9-7(16)6-5(2-1-3-10-6)18(14,15)13-8-12-11-4-17-8/h1-4H,(H2,9,16)(H,12,13). The van der Waals surface area contributed by atoms with Gasteiger partial charge in [-0.15, -0.1) is 10.2 Å². The third-order valence-electron chi connectivity index (χ3n) is 1.88. The molecule has 0 atom stereocenters. The van der Waals surface area contributed by atoms with Crippen LogP contribution < -0.4 is 10.5 Å². The molecular weight excluding hydrogens is 294 g/mol. The van der Waals surface area contributed by atoms with Crippen molar-refractivity contribution in [1.82, 2.24) is 15.2 Å². The fourth-order valence-electron chi connectivity index (χ4n) is 1.18. The molecule has 0 aliphatic heterocycles. The van der Waals surface area contributed by atoms with Crippen LogP contribution in [0.25, 0.3) is 0 Å². The minimum absolute atomic E-state index is 0.0458. The summed E-state index contributed by atoms with van der Waals surface area (Å²) in [4.78, 5) is 3.68. The Hall–Kier alpha value is -1.65. The lowest BCUT2D eigenvalue weighted by atomic mass is 10.3. The molecule has 0 unspecified atom stereocenters. The first-order valence-electron chi connectivity index (χ1n) is 4.54. The average Bonchev–Trinajstić information content (AvgIpc) is 2.81. The van der Waals surface area contributed by atoms with Gasteiger partial charge in [0.2, 0.25) is 5.13 Å². The molecule has 0 saturated heterocycles. The van der Waals surface area contributed by atoms with E-state index in [0.29, 0.717) is 0 Å². The Labute approximate surface area is 112 Å². The second-order valence-electron chi connectivity index (χ2n) is 3.06. The van der Waals surface area contributed by atoms with Gasteiger partial charge < -0.3 is 5.73 Å². The zero-order valence-electron chi connectivity index (χ0n) is 8.77. The van der Waals surface area contributed by atoms with Gasteiger partial charge in [-0.2, -0.15) is 0 Å². The van der Waals surface area contributed by atoms with E-state index in [1.807, 2.05) is 0 Å². The molecule has 18 heavy (non-hydrogen) atoms. The van der Waals surface area contributed by atoms with Gasteiger partial charge in [-0.1, -0.05) is 23.6 Å². The van der Waals surface area contributed by atoms with Crippen molar-refractivity contribution < 1.29 is 8.42 Å². The summed E-state index contributed by atoms with van der Waals surface area (Å²) in [6.07, 6.45) is 1.42. The quantitative estimate of drug-likeness (QED) is 0.785. The molecule has 7 nitrogen and oxygen atoms in total. The van der Waals surface area contributed by atoms with Gasteiger partial charge in [0.15, 0.2) is 0 Å². The zero-order chi connectivity index (χ0) is 13.2. The Morgan fingerprint density at radius 1 is 1.50 bits per heavy atom. The number of sulfonamides is 1. The molecule has 2 aromatic heterocycles. The number of thiocarbonyl (C=S) groups is 1. The maximum Gasteiger partial charge on any atom is 0.265 e. The highest BCUT2D eigenvalue weighted by atomic mass is 32.2. The minimum atomic E-state index is -3.83. The summed E-state index contributed by atoms with van der Waals surface area (Å²) < 4.78 is 26.5. The molecular formula is C8H7N5O2S3. The van der Waals surface area contributed by atoms with Gasteiger partial charge in [0.1, 0.15) is 21.1 Å². The largest absolute Gasteiger partial charge is 0.388 e. The predicted molar refractivity (Wildman–Crippen MR) is 70.8 cm³/mol. The van der Waals surface area contributed by atoms with Gasteiger partial charge in [-0.05, 0) is 12.1 Å². The number of anilines is 1. The van der Waals surface area contributed by atoms with E-state index in [1.165, 1.54) is 23.8 Å². The summed E-state index contributed by atoms with van der Waals surface area (Å²) in [6, 6.07) is 2.85. The van der Waals surface area contributed by atoms with Gasteiger partial charge in [0.05, 0.1) is 0 Å². The van der Waals surface area contributed by atoms with Gasteiger partial charge in [-0.3, -0.25) is 9.71 Å². The highest BCUT2D eigenvalue weighted by molar-refractivity contribution is 7.93. The van der Waals surface area contributed by atoms with Crippen molar-refractivity contribution in [2.24, 2.45) is 5.73 Å². The van der Waals surface area contributed by atoms with Crippen molar-refractivity contribution >= 4 is 43.7 Å². The Balaban J connectivity index is 2.45. The van der Waals surface area contributed by atoms with Crippen LogP contribution in [-0.2, 0) is 10.0 Å². The van der Waals surface area contributed by atoms with E-state index in [1.54, 1.807) is 0 Å². The second kappa shape index (κ2) is 4.92. The highest BCUT2D eigenvalue weighted by Crippen LogP contribution is 2.18. The van der Waals surface area contributed by atoms with Crippen LogP contribution in [0, 0.1) is 0 Å². The van der Waals surface area contributed by atoms with Crippen LogP contribution in [-0.4, -0.2) is 28.6 Å². The van der Waals surface area contributed by atoms with Crippen molar-refractivity contribution in [2.75, 3.05) is 4.72 Å². The highest BCUT2D eigenvalue weighted by Gasteiger charge is 2.21. The molecule has 0 saturated carbocycles. The molecule has 0 bridgehead atoms. The SMILES string of the molecule is NC(=S)c1ncccc1S(=O)(=O)Nc1nncs1. The van der Waals surface area contributed by atoms with Gasteiger partial charge >= 0.3 is 0 Å². The van der Waals surface area contributed by atoms with Crippen LogP contribution in [0.4, 0.5) is 5.13 Å². The van der Waals surface area contributed by atoms with Gasteiger partial charge in [-0.25, -0.2) is 8.42 Å². The van der Waals surface area contributed by atoms with Crippen LogP contribution in [0.3, 0.4) is 0 Å². The Morgan fingerprint density at radius 3 is 2.89 bits per heavy atom. The summed E-state index contributed by atoms with van der Waals surface area (Å²) in [7, 11) is -3.83. The van der Waals surface area contributed by atoms with E-state index >= 15 is 0 Å². The molecule has 10 heteroatoms. The molecule has 0 aliphatic rings. The van der Waals surface area contributed by atoms with E-state index in [4.69, 9.17) is 18.0 Å². The normalized spacial score (nSPS) is 11.1. The minimum Gasteiger partial charge on any atom is -0.388 e. The van der Waals surface area contributed by atoms with E-state index < -0.39 is 10.0 Å². The molecule has 0 fully saturated rings. The smallest absolute Gasteiger partial charge is 0.265 e. The fraction of sp³-hybridized carbons (Fsp3) is 0. The maximum absolute atomic E-state index is 12.1. The second-order valence-corrected chi connectivity index (χ2v) is 5.99. The fourth-order valence-corrected chi connectivity index (χ4v) is 3.27. The number of aromatic nitrogens is 3. The number of hydrogen-bond donors (Lipinski definition) is 2. The molecule has 0 spiro atoms. The molecule has 2 rings (SSSR count). The van der Waals surface area contributed by atoms with Crippen molar-refractivity contribution in [3.63, 3.8) is 0 Å². The molecule has 3 N–H and O–H groups in total. The third-order valence-corrected chi connectivity index (χ3v) is 4.18. The van der Waals surface area contributed by atoms with Crippen molar-refractivity contribution in [3.8, 4) is 0 Å². The first-order chi connectivity index (χ1) is 8.50. The summed E-state index contributed by atoms with van der Waals surface area (Å²) >= 11 is 5.83. The molecule has 2 aromatic rings. The molecule has 0 aliphatic carbocycles. The van der Waals surface area contributed by atoms with E-state index in [2.05, 4.69) is 19.9 Å². The number of nitrogens with two attached hydrogens (primary N) is 1. The van der Waals surface area contributed by atoms with Crippen LogP contribution >= 0.6 is 23.6 Å². The van der Waals surface area contributed by atoms with E-state index in [9.17, 15) is 8.42 Å². The maximum atomic E-state index is 12.1. The lowest BCUT2D eigenvalue weighted by Gasteiger charge is -2.08. The Bertz CT molecular complexity index is 668. The van der Waals surface area contributed by atoms with Gasteiger partial charge in [0, 0.05) is 6.20 Å². The number of pyridine rings is 1. The first-order valence-corrected chi connectivity index (χ1v) is 7.31. The number of nitrogens with one attached hydrogen (secondary N) is 1. The molecule has 0 radical (unpaired) electrons. The van der Waals surface area contributed by atoms with Crippen molar-refractivity contribution in [2.45, 2.75) is 4.90 Å². The van der Waals surface area contributed by atoms with E-state index in [0.717, 1.165) is 11.3 Å². The third kappa shape index (κ3) is 2.60.